The Morgan fingerprint density at radius 1 is 1.28 bits per heavy atom. The van der Waals surface area contributed by atoms with Gasteiger partial charge < -0.3 is 11.1 Å². The van der Waals surface area contributed by atoms with Gasteiger partial charge in [0, 0.05) is 5.02 Å². The van der Waals surface area contributed by atoms with Crippen molar-refractivity contribution < 1.29 is 4.79 Å². The minimum Gasteiger partial charge on any atom is -0.348 e. The van der Waals surface area contributed by atoms with Gasteiger partial charge >= 0.3 is 0 Å². The Balaban J connectivity index is 2.56. The number of carbonyl (C=O) groups is 1. The minimum atomic E-state index is -0.445. The van der Waals surface area contributed by atoms with Crippen molar-refractivity contribution in [1.29, 1.82) is 0 Å². The molecule has 0 radical (unpaired) electrons. The molecule has 0 aliphatic rings. The van der Waals surface area contributed by atoms with Crippen LogP contribution in [0.3, 0.4) is 0 Å². The van der Waals surface area contributed by atoms with Crippen LogP contribution in [0.15, 0.2) is 24.3 Å². The van der Waals surface area contributed by atoms with E-state index in [2.05, 4.69) is 19.2 Å². The summed E-state index contributed by atoms with van der Waals surface area (Å²) in [6.45, 7) is 6.04. The van der Waals surface area contributed by atoms with Gasteiger partial charge in [0.05, 0.1) is 12.1 Å². The van der Waals surface area contributed by atoms with Gasteiger partial charge in [0.2, 0.25) is 5.91 Å². The molecule has 0 aromatic heterocycles. The molecule has 0 saturated heterocycles. The first-order chi connectivity index (χ1) is 8.40. The van der Waals surface area contributed by atoms with Gasteiger partial charge in [0.1, 0.15) is 0 Å². The van der Waals surface area contributed by atoms with E-state index >= 15 is 0 Å². The maximum atomic E-state index is 11.9. The molecule has 0 aliphatic heterocycles. The fraction of sp³-hybridized carbons (Fsp3) is 0.500. The number of hydrogen-bond acceptors (Lipinski definition) is 2. The highest BCUT2D eigenvalue weighted by Gasteiger charge is 2.17. The lowest BCUT2D eigenvalue weighted by molar-refractivity contribution is -0.123. The highest BCUT2D eigenvalue weighted by Crippen LogP contribution is 2.16. The molecule has 0 fully saturated rings. The van der Waals surface area contributed by atoms with Crippen LogP contribution in [0.4, 0.5) is 0 Å². The Kier molecular flexibility index (Phi) is 5.63. The van der Waals surface area contributed by atoms with Crippen LogP contribution in [0.1, 0.15) is 38.8 Å². The minimum absolute atomic E-state index is 0.0621. The van der Waals surface area contributed by atoms with Gasteiger partial charge in [-0.05, 0) is 37.0 Å². The summed E-state index contributed by atoms with van der Waals surface area (Å²) in [4.78, 5) is 11.9. The van der Waals surface area contributed by atoms with Gasteiger partial charge in [-0.1, -0.05) is 37.6 Å². The normalized spacial score (nSPS) is 14.3. The second-order valence-corrected chi connectivity index (χ2v) is 5.45. The van der Waals surface area contributed by atoms with Crippen molar-refractivity contribution in [2.24, 2.45) is 11.7 Å². The average molecular weight is 269 g/mol. The van der Waals surface area contributed by atoms with E-state index in [-0.39, 0.29) is 11.9 Å². The fourth-order valence-corrected chi connectivity index (χ4v) is 1.90. The maximum Gasteiger partial charge on any atom is 0.237 e. The van der Waals surface area contributed by atoms with Crippen LogP contribution in [0, 0.1) is 5.92 Å². The molecular weight excluding hydrogens is 248 g/mol. The lowest BCUT2D eigenvalue weighted by Crippen LogP contribution is -2.42. The van der Waals surface area contributed by atoms with Crippen LogP contribution < -0.4 is 11.1 Å². The number of carbonyl (C=O) groups excluding carboxylic acids is 1. The average Bonchev–Trinajstić information content (AvgIpc) is 2.28. The molecule has 100 valence electrons. The highest BCUT2D eigenvalue weighted by atomic mass is 35.5. The Labute approximate surface area is 114 Å². The molecule has 1 aromatic carbocycles. The molecule has 4 heteroatoms. The van der Waals surface area contributed by atoms with Gasteiger partial charge in [-0.2, -0.15) is 0 Å². The standard InChI is InChI=1S/C14H21ClN2O/c1-9(2)8-13(16)14(18)17-10(3)11-4-6-12(15)7-5-11/h4-7,9-10,13H,8,16H2,1-3H3,(H,17,18)/t10-,13?/m0/s1. The Bertz CT molecular complexity index is 389. The van der Waals surface area contributed by atoms with Crippen molar-refractivity contribution in [3.05, 3.63) is 34.9 Å². The predicted molar refractivity (Wildman–Crippen MR) is 75.4 cm³/mol. The topological polar surface area (TPSA) is 55.1 Å². The zero-order valence-corrected chi connectivity index (χ0v) is 11.9. The van der Waals surface area contributed by atoms with Crippen LogP contribution >= 0.6 is 11.6 Å². The molecule has 0 aliphatic carbocycles. The van der Waals surface area contributed by atoms with Gasteiger partial charge in [0.25, 0.3) is 0 Å². The van der Waals surface area contributed by atoms with Gasteiger partial charge in [-0.15, -0.1) is 0 Å². The molecule has 3 nitrogen and oxygen atoms in total. The molecule has 0 spiro atoms. The van der Waals surface area contributed by atoms with Gasteiger partial charge in [-0.3, -0.25) is 4.79 Å². The Morgan fingerprint density at radius 3 is 2.33 bits per heavy atom. The molecule has 1 unspecified atom stereocenters. The number of halogens is 1. The van der Waals surface area contributed by atoms with E-state index in [1.807, 2.05) is 31.2 Å². The second-order valence-electron chi connectivity index (χ2n) is 5.02. The third kappa shape index (κ3) is 4.67. The van der Waals surface area contributed by atoms with Crippen molar-refractivity contribution in [1.82, 2.24) is 5.32 Å². The molecule has 0 bridgehead atoms. The zero-order valence-electron chi connectivity index (χ0n) is 11.1. The number of nitrogens with two attached hydrogens (primary N) is 1. The lowest BCUT2D eigenvalue weighted by atomic mass is 10.0. The van der Waals surface area contributed by atoms with Crippen LogP contribution in [-0.4, -0.2) is 11.9 Å². The summed E-state index contributed by atoms with van der Waals surface area (Å²) in [5, 5.41) is 3.60. The summed E-state index contributed by atoms with van der Waals surface area (Å²) in [7, 11) is 0. The van der Waals surface area contributed by atoms with Crippen LogP contribution in [0.2, 0.25) is 5.02 Å². The number of nitrogens with one attached hydrogen (secondary N) is 1. The van der Waals surface area contributed by atoms with Crippen LogP contribution in [0.25, 0.3) is 0 Å². The summed E-state index contributed by atoms with van der Waals surface area (Å²) < 4.78 is 0. The van der Waals surface area contributed by atoms with E-state index in [0.717, 1.165) is 5.56 Å². The largest absolute Gasteiger partial charge is 0.348 e. The summed E-state index contributed by atoms with van der Waals surface area (Å²) >= 11 is 5.82. The van der Waals surface area contributed by atoms with Gasteiger partial charge in [0.15, 0.2) is 0 Å². The summed E-state index contributed by atoms with van der Waals surface area (Å²) in [6, 6.07) is 6.93. The SMILES string of the molecule is CC(C)CC(N)C(=O)N[C@@H](C)c1ccc(Cl)cc1. The predicted octanol–water partition coefficient (Wildman–Crippen LogP) is 2.89. The van der Waals surface area contributed by atoms with Crippen LogP contribution in [-0.2, 0) is 4.79 Å². The fourth-order valence-electron chi connectivity index (χ4n) is 1.77. The second kappa shape index (κ2) is 6.76. The van der Waals surface area contributed by atoms with E-state index in [9.17, 15) is 4.79 Å². The molecule has 2 atom stereocenters. The molecule has 0 saturated carbocycles. The molecule has 1 aromatic rings. The first-order valence-corrected chi connectivity index (χ1v) is 6.59. The number of hydrogen-bond donors (Lipinski definition) is 2. The summed E-state index contributed by atoms with van der Waals surface area (Å²) in [6.07, 6.45) is 0.694. The number of rotatable bonds is 5. The van der Waals surface area contributed by atoms with E-state index in [4.69, 9.17) is 17.3 Å². The first kappa shape index (κ1) is 15.0. The molecule has 1 rings (SSSR count). The maximum absolute atomic E-state index is 11.9. The lowest BCUT2D eigenvalue weighted by Gasteiger charge is -2.19. The van der Waals surface area contributed by atoms with E-state index < -0.39 is 6.04 Å². The Hall–Kier alpha value is -1.06. The highest BCUT2D eigenvalue weighted by molar-refractivity contribution is 6.30. The molecule has 1 amide bonds. The number of benzene rings is 1. The monoisotopic (exact) mass is 268 g/mol. The van der Waals surface area contributed by atoms with Crippen LogP contribution in [0.5, 0.6) is 0 Å². The first-order valence-electron chi connectivity index (χ1n) is 6.21. The van der Waals surface area contributed by atoms with Crippen molar-refractivity contribution in [2.75, 3.05) is 0 Å². The van der Waals surface area contributed by atoms with Crippen molar-refractivity contribution >= 4 is 17.5 Å². The van der Waals surface area contributed by atoms with E-state index in [1.165, 1.54) is 0 Å². The third-order valence-corrected chi connectivity index (χ3v) is 3.04. The van der Waals surface area contributed by atoms with Crippen molar-refractivity contribution in [2.45, 2.75) is 39.3 Å². The summed E-state index contributed by atoms with van der Waals surface area (Å²) in [5.74, 6) is 0.308. The smallest absolute Gasteiger partial charge is 0.237 e. The molecular formula is C14H21ClN2O. The van der Waals surface area contributed by atoms with Gasteiger partial charge in [-0.25, -0.2) is 0 Å². The van der Waals surface area contributed by atoms with Crippen molar-refractivity contribution in [3.63, 3.8) is 0 Å². The van der Waals surface area contributed by atoms with Crippen molar-refractivity contribution in [3.8, 4) is 0 Å². The quantitative estimate of drug-likeness (QED) is 0.863. The zero-order chi connectivity index (χ0) is 13.7. The number of amides is 1. The molecule has 18 heavy (non-hydrogen) atoms. The Morgan fingerprint density at radius 2 is 1.83 bits per heavy atom. The third-order valence-electron chi connectivity index (χ3n) is 2.79. The molecule has 0 heterocycles. The van der Waals surface area contributed by atoms with E-state index in [0.29, 0.717) is 17.4 Å². The van der Waals surface area contributed by atoms with E-state index in [1.54, 1.807) is 0 Å². The summed E-state index contributed by atoms with van der Waals surface area (Å²) in [5.41, 5.74) is 6.85. The molecule has 3 N–H and O–H groups in total.